The molecule has 1 rings (SSSR count). The fraction of sp³-hybridized carbons (Fsp3) is 0.917. The van der Waals surface area contributed by atoms with E-state index in [0.29, 0.717) is 4.75 Å². The van der Waals surface area contributed by atoms with Crippen LogP contribution < -0.4 is 0 Å². The van der Waals surface area contributed by atoms with Gasteiger partial charge in [-0.1, -0.05) is 13.8 Å². The Labute approximate surface area is 103 Å². The highest BCUT2D eigenvalue weighted by Crippen LogP contribution is 2.30. The molecule has 1 fully saturated rings. The molecule has 94 valence electrons. The fourth-order valence-electron chi connectivity index (χ4n) is 1.60. The third-order valence-corrected chi connectivity index (χ3v) is 4.10. The summed E-state index contributed by atoms with van der Waals surface area (Å²) in [4.78, 5) is 13.8. The second kappa shape index (κ2) is 5.92. The summed E-state index contributed by atoms with van der Waals surface area (Å²) in [6.07, 6.45) is 1.19. The molecule has 0 aromatic rings. The third-order valence-electron chi connectivity index (χ3n) is 2.73. The Morgan fingerprint density at radius 1 is 1.44 bits per heavy atom. The van der Waals surface area contributed by atoms with Gasteiger partial charge >= 0.3 is 0 Å². The van der Waals surface area contributed by atoms with Crippen LogP contribution in [-0.4, -0.2) is 47.1 Å². The molecule has 0 aromatic carbocycles. The van der Waals surface area contributed by atoms with Gasteiger partial charge in [0.2, 0.25) is 5.91 Å². The summed E-state index contributed by atoms with van der Waals surface area (Å²) in [5, 5.41) is 0. The van der Waals surface area contributed by atoms with Gasteiger partial charge in [0.15, 0.2) is 0 Å². The van der Waals surface area contributed by atoms with E-state index < -0.39 is 0 Å². The van der Waals surface area contributed by atoms with Crippen molar-refractivity contribution < 1.29 is 9.53 Å². The zero-order chi connectivity index (χ0) is 12.2. The standard InChI is InChI=1S/C12H23NO2S/c1-10(2)15-9-11(14)13-6-5-12(3,4)16-8-7-13/h10H,5-9H2,1-4H3. The molecule has 0 bridgehead atoms. The number of carbonyl (C=O) groups excluding carboxylic acids is 1. The molecule has 1 amide bonds. The average Bonchev–Trinajstić information content (AvgIpc) is 2.35. The molecule has 0 radical (unpaired) electrons. The maximum Gasteiger partial charge on any atom is 0.248 e. The number of carbonyl (C=O) groups is 1. The topological polar surface area (TPSA) is 29.5 Å². The van der Waals surface area contributed by atoms with Crippen molar-refractivity contribution in [2.24, 2.45) is 0 Å². The molecule has 1 aliphatic rings. The predicted octanol–water partition coefficient (Wildman–Crippen LogP) is 2.16. The van der Waals surface area contributed by atoms with E-state index in [1.165, 1.54) is 0 Å². The molecule has 1 saturated heterocycles. The lowest BCUT2D eigenvalue weighted by molar-refractivity contribution is -0.137. The van der Waals surface area contributed by atoms with Crippen LogP contribution in [0, 0.1) is 0 Å². The van der Waals surface area contributed by atoms with Crippen molar-refractivity contribution in [2.45, 2.75) is 45.0 Å². The molecule has 0 aliphatic carbocycles. The Hall–Kier alpha value is -0.220. The number of rotatable bonds is 3. The Balaban J connectivity index is 2.39. The molecule has 0 atom stereocenters. The first-order valence-corrected chi connectivity index (χ1v) is 6.92. The summed E-state index contributed by atoms with van der Waals surface area (Å²) in [7, 11) is 0. The van der Waals surface area contributed by atoms with E-state index >= 15 is 0 Å². The molecule has 4 heteroatoms. The lowest BCUT2D eigenvalue weighted by Crippen LogP contribution is -2.36. The lowest BCUT2D eigenvalue weighted by atomic mass is 10.1. The number of thioether (sulfide) groups is 1. The van der Waals surface area contributed by atoms with Crippen LogP contribution in [0.5, 0.6) is 0 Å². The van der Waals surface area contributed by atoms with Gasteiger partial charge in [-0.2, -0.15) is 11.8 Å². The van der Waals surface area contributed by atoms with Gasteiger partial charge in [-0.3, -0.25) is 4.79 Å². The van der Waals surface area contributed by atoms with Gasteiger partial charge in [-0.05, 0) is 20.3 Å². The van der Waals surface area contributed by atoms with Crippen molar-refractivity contribution in [2.75, 3.05) is 25.4 Å². The SMILES string of the molecule is CC(C)OCC(=O)N1CCSC(C)(C)CC1. The van der Waals surface area contributed by atoms with Crippen LogP contribution in [0.15, 0.2) is 0 Å². The highest BCUT2D eigenvalue weighted by Gasteiger charge is 2.25. The van der Waals surface area contributed by atoms with Crippen molar-refractivity contribution in [3.8, 4) is 0 Å². The van der Waals surface area contributed by atoms with Crippen molar-refractivity contribution in [1.82, 2.24) is 4.90 Å². The minimum atomic E-state index is 0.127. The highest BCUT2D eigenvalue weighted by atomic mass is 32.2. The second-order valence-electron chi connectivity index (χ2n) is 5.10. The van der Waals surface area contributed by atoms with E-state index in [0.717, 1.165) is 25.3 Å². The molecule has 3 nitrogen and oxygen atoms in total. The highest BCUT2D eigenvalue weighted by molar-refractivity contribution is 8.00. The molecule has 0 saturated carbocycles. The average molecular weight is 245 g/mol. The fourth-order valence-corrected chi connectivity index (χ4v) is 2.70. The molecule has 16 heavy (non-hydrogen) atoms. The summed E-state index contributed by atoms with van der Waals surface area (Å²) in [6, 6.07) is 0. The van der Waals surface area contributed by atoms with E-state index in [2.05, 4.69) is 13.8 Å². The summed E-state index contributed by atoms with van der Waals surface area (Å²) in [5.74, 6) is 1.16. The normalized spacial score (nSPS) is 20.9. The first-order chi connectivity index (χ1) is 7.41. The van der Waals surface area contributed by atoms with Crippen molar-refractivity contribution in [1.29, 1.82) is 0 Å². The van der Waals surface area contributed by atoms with Crippen LogP contribution in [-0.2, 0) is 9.53 Å². The Kier molecular flexibility index (Phi) is 5.12. The minimum Gasteiger partial charge on any atom is -0.369 e. The van der Waals surface area contributed by atoms with Crippen molar-refractivity contribution in [3.05, 3.63) is 0 Å². The minimum absolute atomic E-state index is 0.127. The van der Waals surface area contributed by atoms with Gasteiger partial charge in [-0.15, -0.1) is 0 Å². The monoisotopic (exact) mass is 245 g/mol. The summed E-state index contributed by atoms with van der Waals surface area (Å²) in [5.41, 5.74) is 0. The van der Waals surface area contributed by atoms with Gasteiger partial charge < -0.3 is 9.64 Å². The first kappa shape index (κ1) is 13.8. The molecule has 0 spiro atoms. The van der Waals surface area contributed by atoms with E-state index in [9.17, 15) is 4.79 Å². The summed E-state index contributed by atoms with van der Waals surface area (Å²) >= 11 is 1.95. The summed E-state index contributed by atoms with van der Waals surface area (Å²) in [6.45, 7) is 10.3. The zero-order valence-electron chi connectivity index (χ0n) is 10.8. The summed E-state index contributed by atoms with van der Waals surface area (Å²) < 4.78 is 5.65. The molecule has 0 aromatic heterocycles. The van der Waals surface area contributed by atoms with Gasteiger partial charge in [0.05, 0.1) is 6.10 Å². The second-order valence-corrected chi connectivity index (χ2v) is 6.90. The van der Waals surface area contributed by atoms with Gasteiger partial charge in [-0.25, -0.2) is 0 Å². The maximum atomic E-state index is 11.9. The first-order valence-electron chi connectivity index (χ1n) is 5.94. The van der Waals surface area contributed by atoms with Gasteiger partial charge in [0.1, 0.15) is 6.61 Å². The van der Waals surface area contributed by atoms with Crippen molar-refractivity contribution >= 4 is 17.7 Å². The molecule has 0 N–H and O–H groups in total. The van der Waals surface area contributed by atoms with E-state index in [1.54, 1.807) is 0 Å². The number of ether oxygens (including phenoxy) is 1. The number of amides is 1. The van der Waals surface area contributed by atoms with Gasteiger partial charge in [0.25, 0.3) is 0 Å². The van der Waals surface area contributed by atoms with Crippen molar-refractivity contribution in [3.63, 3.8) is 0 Å². The number of hydrogen-bond donors (Lipinski definition) is 0. The molecule has 1 aliphatic heterocycles. The van der Waals surface area contributed by atoms with Crippen LogP contribution >= 0.6 is 11.8 Å². The smallest absolute Gasteiger partial charge is 0.248 e. The van der Waals surface area contributed by atoms with Crippen LogP contribution in [0.25, 0.3) is 0 Å². The van der Waals surface area contributed by atoms with E-state index in [1.807, 2.05) is 30.5 Å². The Bertz CT molecular complexity index is 241. The van der Waals surface area contributed by atoms with Crippen LogP contribution in [0.4, 0.5) is 0 Å². The van der Waals surface area contributed by atoms with E-state index in [-0.39, 0.29) is 18.6 Å². The Morgan fingerprint density at radius 2 is 2.12 bits per heavy atom. The molecular weight excluding hydrogens is 222 g/mol. The third kappa shape index (κ3) is 4.74. The van der Waals surface area contributed by atoms with Crippen LogP contribution in [0.3, 0.4) is 0 Å². The number of hydrogen-bond acceptors (Lipinski definition) is 3. The van der Waals surface area contributed by atoms with Crippen LogP contribution in [0.1, 0.15) is 34.1 Å². The lowest BCUT2D eigenvalue weighted by Gasteiger charge is -2.23. The maximum absolute atomic E-state index is 11.9. The molecular formula is C12H23NO2S. The van der Waals surface area contributed by atoms with Gasteiger partial charge in [0, 0.05) is 23.6 Å². The zero-order valence-corrected chi connectivity index (χ0v) is 11.6. The molecule has 1 heterocycles. The largest absolute Gasteiger partial charge is 0.369 e. The number of nitrogens with zero attached hydrogens (tertiary/aromatic N) is 1. The quantitative estimate of drug-likeness (QED) is 0.763. The van der Waals surface area contributed by atoms with E-state index in [4.69, 9.17) is 4.74 Å². The predicted molar refractivity (Wildman–Crippen MR) is 68.8 cm³/mol. The Morgan fingerprint density at radius 3 is 2.75 bits per heavy atom. The molecule has 0 unspecified atom stereocenters. The van der Waals surface area contributed by atoms with Crippen LogP contribution in [0.2, 0.25) is 0 Å².